The number of carbonyl (C=O) groups excluding carboxylic acids is 1. The van der Waals surface area contributed by atoms with Crippen LogP contribution in [-0.4, -0.2) is 29.4 Å². The maximum atomic E-state index is 12.0. The van der Waals surface area contributed by atoms with Gasteiger partial charge in [-0.15, -0.1) is 0 Å². The van der Waals surface area contributed by atoms with E-state index in [1.54, 1.807) is 18.9 Å². The second kappa shape index (κ2) is 5.66. The van der Waals surface area contributed by atoms with Crippen molar-refractivity contribution in [1.82, 2.24) is 9.88 Å². The summed E-state index contributed by atoms with van der Waals surface area (Å²) in [5.74, 6) is 0.222. The smallest absolute Gasteiger partial charge is 0.259 e. The summed E-state index contributed by atoms with van der Waals surface area (Å²) in [5.41, 5.74) is 0.750. The highest BCUT2D eigenvalue weighted by Gasteiger charge is 2.16. The van der Waals surface area contributed by atoms with E-state index in [-0.39, 0.29) is 16.9 Å². The van der Waals surface area contributed by atoms with Crippen LogP contribution in [0.3, 0.4) is 0 Å². The molecule has 0 aliphatic carbocycles. The normalized spacial score (nSPS) is 12.2. The first-order chi connectivity index (χ1) is 7.95. The van der Waals surface area contributed by atoms with Gasteiger partial charge in [0.05, 0.1) is 0 Å². The van der Waals surface area contributed by atoms with Gasteiger partial charge in [-0.05, 0) is 12.8 Å². The summed E-state index contributed by atoms with van der Waals surface area (Å²) in [7, 11) is 1.73. The zero-order chi connectivity index (χ0) is 13.0. The molecule has 1 aromatic rings. The van der Waals surface area contributed by atoms with Crippen LogP contribution in [0.5, 0.6) is 0 Å². The number of aromatic amines is 1. The minimum absolute atomic E-state index is 0.210. The SMILES string of the molecule is CCC(C)CN(C)C(=O)c1c[nH]c(C)cc1=O. The number of carbonyl (C=O) groups is 1. The molecule has 0 saturated heterocycles. The fraction of sp³-hybridized carbons (Fsp3) is 0.538. The van der Waals surface area contributed by atoms with E-state index in [0.29, 0.717) is 12.5 Å². The Bertz CT molecular complexity index is 451. The van der Waals surface area contributed by atoms with Crippen molar-refractivity contribution >= 4 is 5.91 Å². The molecule has 1 heterocycles. The van der Waals surface area contributed by atoms with Crippen molar-refractivity contribution in [2.45, 2.75) is 27.2 Å². The number of aryl methyl sites for hydroxylation is 1. The Labute approximate surface area is 102 Å². The predicted molar refractivity (Wildman–Crippen MR) is 68.2 cm³/mol. The largest absolute Gasteiger partial charge is 0.364 e. The van der Waals surface area contributed by atoms with E-state index in [1.165, 1.54) is 12.3 Å². The predicted octanol–water partition coefficient (Wildman–Crippen LogP) is 1.80. The molecule has 17 heavy (non-hydrogen) atoms. The summed E-state index contributed by atoms with van der Waals surface area (Å²) in [4.78, 5) is 28.2. The highest BCUT2D eigenvalue weighted by atomic mass is 16.2. The van der Waals surface area contributed by atoms with Gasteiger partial charge < -0.3 is 9.88 Å². The first-order valence-corrected chi connectivity index (χ1v) is 5.90. The standard InChI is InChI=1S/C13H20N2O2/c1-5-9(2)8-15(4)13(17)11-7-14-10(3)6-12(11)16/h6-7,9H,5,8H2,1-4H3,(H,14,16). The summed E-state index contributed by atoms with van der Waals surface area (Å²) in [5, 5.41) is 0. The Kier molecular flexibility index (Phi) is 4.49. The summed E-state index contributed by atoms with van der Waals surface area (Å²) in [6.45, 7) is 6.63. The fourth-order valence-corrected chi connectivity index (χ4v) is 1.63. The van der Waals surface area contributed by atoms with Crippen LogP contribution in [0, 0.1) is 12.8 Å². The van der Waals surface area contributed by atoms with Crippen molar-refractivity contribution in [3.63, 3.8) is 0 Å². The number of nitrogens with one attached hydrogen (secondary N) is 1. The van der Waals surface area contributed by atoms with E-state index in [2.05, 4.69) is 18.8 Å². The summed E-state index contributed by atoms with van der Waals surface area (Å²) < 4.78 is 0. The molecule has 94 valence electrons. The highest BCUT2D eigenvalue weighted by Crippen LogP contribution is 2.05. The number of H-pyrrole nitrogens is 1. The first kappa shape index (κ1) is 13.5. The molecular formula is C13H20N2O2. The average molecular weight is 236 g/mol. The van der Waals surface area contributed by atoms with Crippen LogP contribution < -0.4 is 5.43 Å². The van der Waals surface area contributed by atoms with Gasteiger partial charge in [0, 0.05) is 31.5 Å². The second-order valence-electron chi connectivity index (χ2n) is 4.59. The van der Waals surface area contributed by atoms with E-state index >= 15 is 0 Å². The van der Waals surface area contributed by atoms with Crippen LogP contribution in [0.25, 0.3) is 0 Å². The molecule has 1 N–H and O–H groups in total. The van der Waals surface area contributed by atoms with Crippen molar-refractivity contribution in [1.29, 1.82) is 0 Å². The Morgan fingerprint density at radius 3 is 2.71 bits per heavy atom. The van der Waals surface area contributed by atoms with Crippen LogP contribution in [0.15, 0.2) is 17.1 Å². The van der Waals surface area contributed by atoms with Gasteiger partial charge in [0.25, 0.3) is 5.91 Å². The third-order valence-corrected chi connectivity index (χ3v) is 2.92. The van der Waals surface area contributed by atoms with Crippen molar-refractivity contribution in [3.05, 3.63) is 33.7 Å². The van der Waals surface area contributed by atoms with E-state index in [0.717, 1.165) is 12.1 Å². The molecule has 4 nitrogen and oxygen atoms in total. The van der Waals surface area contributed by atoms with E-state index < -0.39 is 0 Å². The zero-order valence-corrected chi connectivity index (χ0v) is 10.9. The van der Waals surface area contributed by atoms with Gasteiger partial charge in [-0.25, -0.2) is 0 Å². The molecule has 0 aliphatic rings. The van der Waals surface area contributed by atoms with Crippen molar-refractivity contribution in [2.24, 2.45) is 5.92 Å². The Morgan fingerprint density at radius 2 is 2.18 bits per heavy atom. The molecule has 1 amide bonds. The Balaban J connectivity index is 2.85. The average Bonchev–Trinajstić information content (AvgIpc) is 2.28. The molecule has 0 radical (unpaired) electrons. The lowest BCUT2D eigenvalue weighted by molar-refractivity contribution is 0.0773. The van der Waals surface area contributed by atoms with Gasteiger partial charge in [-0.1, -0.05) is 20.3 Å². The summed E-state index contributed by atoms with van der Waals surface area (Å²) >= 11 is 0. The van der Waals surface area contributed by atoms with Gasteiger partial charge in [0.15, 0.2) is 5.43 Å². The molecule has 0 aliphatic heterocycles. The lowest BCUT2D eigenvalue weighted by Gasteiger charge is -2.20. The number of aromatic nitrogens is 1. The second-order valence-corrected chi connectivity index (χ2v) is 4.59. The van der Waals surface area contributed by atoms with Gasteiger partial charge >= 0.3 is 0 Å². The van der Waals surface area contributed by atoms with Crippen molar-refractivity contribution < 1.29 is 4.79 Å². The number of pyridine rings is 1. The Morgan fingerprint density at radius 1 is 1.53 bits per heavy atom. The van der Waals surface area contributed by atoms with E-state index in [9.17, 15) is 9.59 Å². The van der Waals surface area contributed by atoms with Crippen LogP contribution >= 0.6 is 0 Å². The van der Waals surface area contributed by atoms with Crippen molar-refractivity contribution in [2.75, 3.05) is 13.6 Å². The lowest BCUT2D eigenvalue weighted by Crippen LogP contribution is -2.34. The molecule has 4 heteroatoms. The van der Waals surface area contributed by atoms with Crippen LogP contribution in [-0.2, 0) is 0 Å². The third-order valence-electron chi connectivity index (χ3n) is 2.92. The maximum Gasteiger partial charge on any atom is 0.259 e. The van der Waals surface area contributed by atoms with Crippen LogP contribution in [0.2, 0.25) is 0 Å². The molecular weight excluding hydrogens is 216 g/mol. The van der Waals surface area contributed by atoms with Gasteiger partial charge in [-0.2, -0.15) is 0 Å². The molecule has 0 saturated carbocycles. The third kappa shape index (κ3) is 3.44. The van der Waals surface area contributed by atoms with Gasteiger partial charge in [-0.3, -0.25) is 9.59 Å². The molecule has 1 atom stereocenters. The van der Waals surface area contributed by atoms with E-state index in [1.807, 2.05) is 0 Å². The number of hydrogen-bond acceptors (Lipinski definition) is 2. The van der Waals surface area contributed by atoms with E-state index in [4.69, 9.17) is 0 Å². The minimum Gasteiger partial charge on any atom is -0.364 e. The summed E-state index contributed by atoms with van der Waals surface area (Å²) in [6.07, 6.45) is 2.51. The quantitative estimate of drug-likeness (QED) is 0.866. The molecule has 0 spiro atoms. The van der Waals surface area contributed by atoms with Gasteiger partial charge in [0.2, 0.25) is 0 Å². The molecule has 1 unspecified atom stereocenters. The molecule has 0 bridgehead atoms. The van der Waals surface area contributed by atoms with Gasteiger partial charge in [0.1, 0.15) is 5.56 Å². The van der Waals surface area contributed by atoms with Crippen LogP contribution in [0.1, 0.15) is 36.3 Å². The topological polar surface area (TPSA) is 53.2 Å². The highest BCUT2D eigenvalue weighted by molar-refractivity contribution is 5.93. The van der Waals surface area contributed by atoms with Crippen LogP contribution in [0.4, 0.5) is 0 Å². The van der Waals surface area contributed by atoms with Crippen molar-refractivity contribution in [3.8, 4) is 0 Å². The maximum absolute atomic E-state index is 12.0. The number of amides is 1. The number of rotatable bonds is 4. The molecule has 1 aromatic heterocycles. The monoisotopic (exact) mass is 236 g/mol. The first-order valence-electron chi connectivity index (χ1n) is 5.90. The minimum atomic E-state index is -0.220. The number of hydrogen-bond donors (Lipinski definition) is 1. The molecule has 0 fully saturated rings. The number of nitrogens with zero attached hydrogens (tertiary/aromatic N) is 1. The Hall–Kier alpha value is -1.58. The lowest BCUT2D eigenvalue weighted by atomic mass is 10.1. The molecule has 0 aromatic carbocycles. The fourth-order valence-electron chi connectivity index (χ4n) is 1.63. The zero-order valence-electron chi connectivity index (χ0n) is 10.9. The summed E-state index contributed by atoms with van der Waals surface area (Å²) in [6, 6.07) is 1.45. The molecule has 1 rings (SSSR count).